The number of hydrogen-bond acceptors (Lipinski definition) is 7. The standard InChI is InChI=1S/C36H42N4O5/c1-3-31-33(30(24-41)38-40(31)18-17-39-19-22-43-23-20-39)29-14-8-13-27-28(35(37-34(27)29)36(42)44-4-2)15-9-21-45-32-16-7-11-25-10-5-6-12-26(25)32/h5-8,10-14,16,37,41H,3-4,9,15,17-24H2,1-2H3. The summed E-state index contributed by atoms with van der Waals surface area (Å²) in [4.78, 5) is 19.0. The third-order valence-electron chi connectivity index (χ3n) is 8.62. The predicted octanol–water partition coefficient (Wildman–Crippen LogP) is 5.76. The van der Waals surface area contributed by atoms with Crippen molar-refractivity contribution < 1.29 is 24.1 Å². The molecule has 1 saturated heterocycles. The number of aliphatic hydroxyl groups is 1. The fraction of sp³-hybridized carbons (Fsp3) is 0.389. The van der Waals surface area contributed by atoms with Crippen molar-refractivity contribution in [1.29, 1.82) is 0 Å². The van der Waals surface area contributed by atoms with Gasteiger partial charge in [-0.05, 0) is 43.2 Å². The Kier molecular flexibility index (Phi) is 9.78. The molecule has 0 saturated carbocycles. The fourth-order valence-corrected chi connectivity index (χ4v) is 6.45. The summed E-state index contributed by atoms with van der Waals surface area (Å²) < 4.78 is 19.2. The molecule has 3 aromatic carbocycles. The summed E-state index contributed by atoms with van der Waals surface area (Å²) in [5.41, 5.74) is 5.78. The topological polar surface area (TPSA) is 102 Å². The molecule has 0 radical (unpaired) electrons. The van der Waals surface area contributed by atoms with E-state index in [1.165, 1.54) is 0 Å². The van der Waals surface area contributed by atoms with Crippen LogP contribution in [0.4, 0.5) is 0 Å². The highest BCUT2D eigenvalue weighted by molar-refractivity contribution is 6.04. The highest BCUT2D eigenvalue weighted by Crippen LogP contribution is 2.37. The van der Waals surface area contributed by atoms with Gasteiger partial charge in [-0.2, -0.15) is 5.10 Å². The minimum Gasteiger partial charge on any atom is -0.493 e. The van der Waals surface area contributed by atoms with E-state index in [0.29, 0.717) is 30.8 Å². The van der Waals surface area contributed by atoms with Gasteiger partial charge in [-0.15, -0.1) is 0 Å². The van der Waals surface area contributed by atoms with Gasteiger partial charge in [0.05, 0.1) is 50.8 Å². The third kappa shape index (κ3) is 6.47. The van der Waals surface area contributed by atoms with Crippen molar-refractivity contribution in [2.24, 2.45) is 0 Å². The van der Waals surface area contributed by atoms with Crippen LogP contribution in [0.5, 0.6) is 5.75 Å². The van der Waals surface area contributed by atoms with Crippen LogP contribution in [-0.2, 0) is 35.5 Å². The van der Waals surface area contributed by atoms with E-state index in [-0.39, 0.29) is 19.2 Å². The van der Waals surface area contributed by atoms with Gasteiger partial charge in [-0.25, -0.2) is 4.79 Å². The first-order chi connectivity index (χ1) is 22.1. The normalized spacial score (nSPS) is 13.9. The second-order valence-corrected chi connectivity index (χ2v) is 11.3. The largest absolute Gasteiger partial charge is 0.493 e. The molecule has 5 aromatic rings. The minimum absolute atomic E-state index is 0.174. The first kappa shape index (κ1) is 30.8. The van der Waals surface area contributed by atoms with Crippen molar-refractivity contribution >= 4 is 27.6 Å². The molecule has 0 unspecified atom stereocenters. The third-order valence-corrected chi connectivity index (χ3v) is 8.62. The van der Waals surface area contributed by atoms with E-state index in [1.54, 1.807) is 0 Å². The van der Waals surface area contributed by atoms with Crippen LogP contribution in [0, 0.1) is 0 Å². The van der Waals surface area contributed by atoms with Crippen molar-refractivity contribution in [3.63, 3.8) is 0 Å². The van der Waals surface area contributed by atoms with Crippen molar-refractivity contribution in [2.45, 2.75) is 46.3 Å². The number of fused-ring (bicyclic) bond motifs is 2. The molecule has 45 heavy (non-hydrogen) atoms. The molecule has 0 bridgehead atoms. The van der Waals surface area contributed by atoms with E-state index in [1.807, 2.05) is 54.1 Å². The van der Waals surface area contributed by atoms with Crippen LogP contribution >= 0.6 is 0 Å². The molecular weight excluding hydrogens is 568 g/mol. The van der Waals surface area contributed by atoms with Crippen molar-refractivity contribution in [3.05, 3.63) is 83.3 Å². The monoisotopic (exact) mass is 610 g/mol. The highest BCUT2D eigenvalue weighted by Gasteiger charge is 2.25. The van der Waals surface area contributed by atoms with E-state index in [9.17, 15) is 9.90 Å². The van der Waals surface area contributed by atoms with Crippen LogP contribution in [0.15, 0.2) is 60.7 Å². The summed E-state index contributed by atoms with van der Waals surface area (Å²) in [6, 6.07) is 20.4. The first-order valence-electron chi connectivity index (χ1n) is 16.0. The number of aliphatic hydroxyl groups excluding tert-OH is 1. The van der Waals surface area contributed by atoms with Crippen LogP contribution in [0.25, 0.3) is 32.8 Å². The number of nitrogens with zero attached hydrogens (tertiary/aromatic N) is 3. The first-order valence-corrected chi connectivity index (χ1v) is 16.0. The molecule has 2 aromatic heterocycles. The number of morpholine rings is 1. The maximum Gasteiger partial charge on any atom is 0.355 e. The quantitative estimate of drug-likeness (QED) is 0.129. The van der Waals surface area contributed by atoms with Gasteiger partial charge in [0.25, 0.3) is 0 Å². The Labute approximate surface area is 263 Å². The molecule has 6 rings (SSSR count). The number of carbonyl (C=O) groups is 1. The summed E-state index contributed by atoms with van der Waals surface area (Å²) in [5.74, 6) is 0.484. The molecule has 9 heteroatoms. The van der Waals surface area contributed by atoms with Crippen molar-refractivity contribution in [2.75, 3.05) is 46.1 Å². The summed E-state index contributed by atoms with van der Waals surface area (Å²) in [6.45, 7) is 9.48. The zero-order valence-corrected chi connectivity index (χ0v) is 26.2. The number of rotatable bonds is 13. The van der Waals surface area contributed by atoms with Gasteiger partial charge in [-0.3, -0.25) is 9.58 Å². The molecular formula is C36H42N4O5. The molecule has 1 aliphatic heterocycles. The molecule has 0 amide bonds. The smallest absolute Gasteiger partial charge is 0.355 e. The Bertz CT molecular complexity index is 1760. The van der Waals surface area contributed by atoms with Crippen molar-refractivity contribution in [1.82, 2.24) is 19.7 Å². The molecule has 1 aliphatic rings. The molecule has 0 spiro atoms. The van der Waals surface area contributed by atoms with E-state index in [0.717, 1.165) is 95.6 Å². The Balaban J connectivity index is 1.30. The van der Waals surface area contributed by atoms with Gasteiger partial charge < -0.3 is 24.3 Å². The van der Waals surface area contributed by atoms with Crippen LogP contribution in [0.1, 0.15) is 47.7 Å². The van der Waals surface area contributed by atoms with Gasteiger partial charge in [0.15, 0.2) is 0 Å². The van der Waals surface area contributed by atoms with E-state index in [4.69, 9.17) is 19.3 Å². The lowest BCUT2D eigenvalue weighted by Crippen LogP contribution is -2.38. The van der Waals surface area contributed by atoms with Gasteiger partial charge in [-0.1, -0.05) is 61.5 Å². The lowest BCUT2D eigenvalue weighted by atomic mass is 9.97. The Morgan fingerprint density at radius 2 is 1.78 bits per heavy atom. The van der Waals surface area contributed by atoms with Gasteiger partial charge in [0.1, 0.15) is 11.4 Å². The second-order valence-electron chi connectivity index (χ2n) is 11.3. The lowest BCUT2D eigenvalue weighted by Gasteiger charge is -2.26. The van der Waals surface area contributed by atoms with Gasteiger partial charge in [0, 0.05) is 47.2 Å². The number of hydrogen-bond donors (Lipinski definition) is 2. The molecule has 3 heterocycles. The zero-order chi connectivity index (χ0) is 31.2. The Morgan fingerprint density at radius 3 is 2.58 bits per heavy atom. The van der Waals surface area contributed by atoms with Crippen LogP contribution in [-0.4, -0.2) is 76.8 Å². The van der Waals surface area contributed by atoms with Gasteiger partial charge >= 0.3 is 5.97 Å². The molecule has 9 nitrogen and oxygen atoms in total. The highest BCUT2D eigenvalue weighted by atomic mass is 16.5. The van der Waals surface area contributed by atoms with Crippen molar-refractivity contribution in [3.8, 4) is 16.9 Å². The summed E-state index contributed by atoms with van der Waals surface area (Å²) in [6.07, 6.45) is 2.11. The van der Waals surface area contributed by atoms with E-state index < -0.39 is 0 Å². The van der Waals surface area contributed by atoms with Crippen LogP contribution in [0.2, 0.25) is 0 Å². The Hall–Kier alpha value is -4.18. The number of aromatic amines is 1. The fourth-order valence-electron chi connectivity index (χ4n) is 6.45. The second kappa shape index (κ2) is 14.3. The number of carbonyl (C=O) groups excluding carboxylic acids is 1. The predicted molar refractivity (Wildman–Crippen MR) is 176 cm³/mol. The number of aromatic nitrogens is 3. The summed E-state index contributed by atoms with van der Waals surface area (Å²) in [5, 5.41) is 18.5. The van der Waals surface area contributed by atoms with E-state index >= 15 is 0 Å². The van der Waals surface area contributed by atoms with E-state index in [2.05, 4.69) is 35.0 Å². The zero-order valence-electron chi connectivity index (χ0n) is 26.2. The number of H-pyrrole nitrogens is 1. The van der Waals surface area contributed by atoms with Gasteiger partial charge in [0.2, 0.25) is 0 Å². The number of esters is 1. The maximum absolute atomic E-state index is 13.2. The number of para-hydroxylation sites is 1. The number of aryl methyl sites for hydroxylation is 1. The number of ether oxygens (including phenoxy) is 3. The molecule has 236 valence electrons. The summed E-state index contributed by atoms with van der Waals surface area (Å²) in [7, 11) is 0. The molecule has 1 fully saturated rings. The average Bonchev–Trinajstić information content (AvgIpc) is 3.64. The minimum atomic E-state index is -0.371. The molecule has 0 aliphatic carbocycles. The lowest BCUT2D eigenvalue weighted by molar-refractivity contribution is 0.0358. The average molecular weight is 611 g/mol. The molecule has 0 atom stereocenters. The Morgan fingerprint density at radius 1 is 1.00 bits per heavy atom. The number of nitrogens with one attached hydrogen (secondary N) is 1. The van der Waals surface area contributed by atoms with Crippen LogP contribution < -0.4 is 4.74 Å². The summed E-state index contributed by atoms with van der Waals surface area (Å²) >= 11 is 0. The molecule has 2 N–H and O–H groups in total. The SMILES string of the molecule is CCOC(=O)c1[nH]c2c(-c3c(CO)nn(CCN4CCOCC4)c3CC)cccc2c1CCCOc1cccc2ccccc12. The number of benzene rings is 3. The maximum atomic E-state index is 13.2. The van der Waals surface area contributed by atoms with Crippen LogP contribution in [0.3, 0.4) is 0 Å².